The van der Waals surface area contributed by atoms with Gasteiger partial charge in [0.25, 0.3) is 0 Å². The maximum atomic E-state index is 13.0. The van der Waals surface area contributed by atoms with E-state index in [-0.39, 0.29) is 25.7 Å². The van der Waals surface area contributed by atoms with Crippen molar-refractivity contribution >= 4 is 39.5 Å². The van der Waals surface area contributed by atoms with Crippen molar-refractivity contribution in [3.05, 3.63) is 24.3 Å². The topological polar surface area (TPSA) is 237 Å². The van der Waals surface area contributed by atoms with Gasteiger partial charge in [0.1, 0.15) is 19.3 Å². The maximum Gasteiger partial charge on any atom is 0.472 e. The number of hydrogen-bond acceptors (Lipinski definition) is 15. The van der Waals surface area contributed by atoms with Crippen LogP contribution in [0.4, 0.5) is 0 Å². The minimum Gasteiger partial charge on any atom is -0.462 e. The summed E-state index contributed by atoms with van der Waals surface area (Å²) in [6.45, 7) is 11.7. The van der Waals surface area contributed by atoms with Crippen LogP contribution >= 0.6 is 15.6 Å². The smallest absolute Gasteiger partial charge is 0.462 e. The second-order valence-electron chi connectivity index (χ2n) is 26.4. The molecule has 0 fully saturated rings. The Morgan fingerprint density at radius 2 is 0.600 bits per heavy atom. The van der Waals surface area contributed by atoms with Crippen LogP contribution < -0.4 is 0 Å². The fourth-order valence-electron chi connectivity index (χ4n) is 10.2. The van der Waals surface area contributed by atoms with Crippen molar-refractivity contribution in [2.24, 2.45) is 17.8 Å². The lowest BCUT2D eigenvalue weighted by Gasteiger charge is -2.21. The molecule has 0 heterocycles. The number of rotatable bonds is 67. The molecule has 530 valence electrons. The van der Waals surface area contributed by atoms with E-state index in [9.17, 15) is 43.2 Å². The molecule has 0 radical (unpaired) electrons. The lowest BCUT2D eigenvalue weighted by atomic mass is 10.0. The molecule has 0 saturated carbocycles. The highest BCUT2D eigenvalue weighted by Crippen LogP contribution is 2.45. The summed E-state index contributed by atoms with van der Waals surface area (Å²) in [5.74, 6) is 0.000627. The van der Waals surface area contributed by atoms with Crippen molar-refractivity contribution < 1.29 is 80.2 Å². The third kappa shape index (κ3) is 64.3. The predicted molar refractivity (Wildman–Crippen MR) is 363 cm³/mol. The summed E-state index contributed by atoms with van der Waals surface area (Å²) < 4.78 is 68.2. The average Bonchev–Trinajstić information content (AvgIpc) is 3.50. The Morgan fingerprint density at radius 1 is 0.344 bits per heavy atom. The Labute approximate surface area is 548 Å². The van der Waals surface area contributed by atoms with Crippen LogP contribution in [-0.2, 0) is 65.4 Å². The molecule has 17 nitrogen and oxygen atoms in total. The summed E-state index contributed by atoms with van der Waals surface area (Å²) in [6.07, 6.45) is 48.3. The van der Waals surface area contributed by atoms with Crippen LogP contribution in [0.15, 0.2) is 24.3 Å². The minimum absolute atomic E-state index is 0.0845. The largest absolute Gasteiger partial charge is 0.472 e. The highest BCUT2D eigenvalue weighted by atomic mass is 31.2. The number of esters is 4. The summed E-state index contributed by atoms with van der Waals surface area (Å²) >= 11 is 0. The van der Waals surface area contributed by atoms with Crippen LogP contribution in [0.3, 0.4) is 0 Å². The van der Waals surface area contributed by atoms with Gasteiger partial charge in [0, 0.05) is 25.7 Å². The van der Waals surface area contributed by atoms with E-state index in [1.54, 1.807) is 0 Å². The van der Waals surface area contributed by atoms with Gasteiger partial charge in [0.05, 0.1) is 26.4 Å². The van der Waals surface area contributed by atoms with E-state index in [4.69, 9.17) is 37.0 Å². The molecule has 5 atom stereocenters. The summed E-state index contributed by atoms with van der Waals surface area (Å²) in [5, 5.41) is 10.6. The van der Waals surface area contributed by atoms with Crippen molar-refractivity contribution in [1.82, 2.24) is 0 Å². The molecule has 0 aromatic rings. The Balaban J connectivity index is 5.27. The summed E-state index contributed by atoms with van der Waals surface area (Å²) in [5.41, 5.74) is 0. The summed E-state index contributed by atoms with van der Waals surface area (Å²) in [4.78, 5) is 72.5. The standard InChI is InChI=1S/C71H134O17P2/c1-8-9-10-11-12-13-14-15-16-19-23-26-31-40-47-54-70(75)87-66(58-81-68(73)52-45-38-30-25-22-20-17-18-21-24-28-35-42-49-62(2)3)60-85-89(77,78)83-56-65(72)57-84-90(79,80)86-61-67(59-82-69(74)53-46-39-34-33-37-44-51-64(6)7)88-71(76)55-48-41-32-27-29-36-43-50-63(4)5/h13-16,62-67,72H,8-12,17-61H2,1-7H3,(H,77,78)(H,79,80)/b14-13-,16-15-/t65-,66-,67-/m1/s1. The van der Waals surface area contributed by atoms with Gasteiger partial charge in [-0.15, -0.1) is 0 Å². The molecule has 19 heteroatoms. The van der Waals surface area contributed by atoms with Crippen LogP contribution in [0.5, 0.6) is 0 Å². The Kier molecular flexibility index (Phi) is 59.7. The molecule has 0 aromatic heterocycles. The fourth-order valence-corrected chi connectivity index (χ4v) is 11.8. The number of allylic oxidation sites excluding steroid dienone is 4. The molecule has 90 heavy (non-hydrogen) atoms. The third-order valence-corrected chi connectivity index (χ3v) is 17.7. The number of unbranched alkanes of at least 4 members (excludes halogenated alkanes) is 32. The monoisotopic (exact) mass is 1320 g/mol. The van der Waals surface area contributed by atoms with E-state index in [1.165, 1.54) is 122 Å². The Bertz CT molecular complexity index is 1860. The van der Waals surface area contributed by atoms with Gasteiger partial charge in [0.15, 0.2) is 12.2 Å². The second-order valence-corrected chi connectivity index (χ2v) is 29.3. The number of ether oxygens (including phenoxy) is 4. The van der Waals surface area contributed by atoms with Crippen molar-refractivity contribution in [2.75, 3.05) is 39.6 Å². The number of phosphoric acid groups is 2. The highest BCUT2D eigenvalue weighted by molar-refractivity contribution is 7.47. The Morgan fingerprint density at radius 3 is 0.900 bits per heavy atom. The Hall–Kier alpha value is -2.46. The van der Waals surface area contributed by atoms with Gasteiger partial charge >= 0.3 is 39.5 Å². The fraction of sp³-hybridized carbons (Fsp3) is 0.887. The maximum absolute atomic E-state index is 13.0. The molecule has 0 bridgehead atoms. The van der Waals surface area contributed by atoms with E-state index >= 15 is 0 Å². The van der Waals surface area contributed by atoms with Gasteiger partial charge in [-0.05, 0) is 69.1 Å². The highest BCUT2D eigenvalue weighted by Gasteiger charge is 2.30. The van der Waals surface area contributed by atoms with Crippen LogP contribution in [-0.4, -0.2) is 96.7 Å². The first-order valence-electron chi connectivity index (χ1n) is 36.2. The zero-order chi connectivity index (χ0) is 66.6. The van der Waals surface area contributed by atoms with E-state index in [0.717, 1.165) is 115 Å². The van der Waals surface area contributed by atoms with Gasteiger partial charge in [-0.25, -0.2) is 9.13 Å². The van der Waals surface area contributed by atoms with Crippen molar-refractivity contribution in [3.8, 4) is 0 Å². The molecule has 0 spiro atoms. The van der Waals surface area contributed by atoms with E-state index in [2.05, 4.69) is 72.8 Å². The summed E-state index contributed by atoms with van der Waals surface area (Å²) in [6, 6.07) is 0. The van der Waals surface area contributed by atoms with E-state index < -0.39 is 97.5 Å². The number of carbonyl (C=O) groups excluding carboxylic acids is 4. The molecule has 0 rings (SSSR count). The first kappa shape index (κ1) is 87.5. The van der Waals surface area contributed by atoms with Crippen molar-refractivity contribution in [1.29, 1.82) is 0 Å². The first-order valence-corrected chi connectivity index (χ1v) is 39.2. The lowest BCUT2D eigenvalue weighted by Crippen LogP contribution is -2.30. The third-order valence-electron chi connectivity index (χ3n) is 15.8. The second kappa shape index (κ2) is 61.4. The van der Waals surface area contributed by atoms with Gasteiger partial charge in [0.2, 0.25) is 0 Å². The normalized spacial score (nSPS) is 14.4. The van der Waals surface area contributed by atoms with Gasteiger partial charge < -0.3 is 33.8 Å². The van der Waals surface area contributed by atoms with Crippen molar-refractivity contribution in [2.45, 2.75) is 349 Å². The number of aliphatic hydroxyl groups excluding tert-OH is 1. The summed E-state index contributed by atoms with van der Waals surface area (Å²) in [7, 11) is -9.91. The van der Waals surface area contributed by atoms with E-state index in [0.29, 0.717) is 37.5 Å². The van der Waals surface area contributed by atoms with Crippen LogP contribution in [0, 0.1) is 17.8 Å². The van der Waals surface area contributed by atoms with Crippen molar-refractivity contribution in [3.63, 3.8) is 0 Å². The molecule has 0 aromatic carbocycles. The number of aliphatic hydroxyl groups is 1. The molecular formula is C71H134O17P2. The molecule has 3 N–H and O–H groups in total. The average molecular weight is 1320 g/mol. The molecule has 0 aliphatic carbocycles. The first-order chi connectivity index (χ1) is 43.2. The zero-order valence-corrected chi connectivity index (χ0v) is 59.9. The van der Waals surface area contributed by atoms with E-state index in [1.807, 2.05) is 0 Å². The number of hydrogen-bond donors (Lipinski definition) is 3. The molecule has 0 saturated heterocycles. The number of phosphoric ester groups is 2. The quantitative estimate of drug-likeness (QED) is 0.0169. The van der Waals surface area contributed by atoms with Crippen LogP contribution in [0.1, 0.15) is 331 Å². The SMILES string of the molecule is CCCCCC/C=C\C=C/CCCCCCCC(=O)O[C@H](COC(=O)CCCCCCCCCCCCCCCC(C)C)COP(=O)(O)OC[C@@H](O)COP(=O)(O)OC[C@@H](COC(=O)CCCCCCCCC(C)C)OC(=O)CCCCCCCCCC(C)C. The van der Waals surface area contributed by atoms with Gasteiger partial charge in [-0.3, -0.25) is 37.3 Å². The van der Waals surface area contributed by atoms with Gasteiger partial charge in [-0.2, -0.15) is 0 Å². The zero-order valence-electron chi connectivity index (χ0n) is 58.1. The predicted octanol–water partition coefficient (Wildman–Crippen LogP) is 19.8. The minimum atomic E-state index is -4.96. The molecule has 0 amide bonds. The number of carbonyl (C=O) groups is 4. The molecule has 0 aliphatic heterocycles. The molecular weight excluding hydrogens is 1190 g/mol. The molecule has 0 aliphatic rings. The lowest BCUT2D eigenvalue weighted by molar-refractivity contribution is -0.161. The molecule has 2 unspecified atom stereocenters. The van der Waals surface area contributed by atoms with Gasteiger partial charge in [-0.1, -0.05) is 278 Å². The van der Waals surface area contributed by atoms with Crippen LogP contribution in [0.2, 0.25) is 0 Å². The van der Waals surface area contributed by atoms with Crippen LogP contribution in [0.25, 0.3) is 0 Å².